The lowest BCUT2D eigenvalue weighted by Crippen LogP contribution is -2.13. The number of carboxylic acids is 1. The van der Waals surface area contributed by atoms with E-state index in [0.29, 0.717) is 15.7 Å². The fourth-order valence-electron chi connectivity index (χ4n) is 2.09. The van der Waals surface area contributed by atoms with Gasteiger partial charge in [-0.05, 0) is 58.8 Å². The third kappa shape index (κ3) is 5.84. The highest BCUT2D eigenvalue weighted by atomic mass is 79.9. The third-order valence-electron chi connectivity index (χ3n) is 3.35. The molecule has 0 aliphatic rings. The molecule has 0 heterocycles. The van der Waals surface area contributed by atoms with Crippen LogP contribution in [0.4, 0.5) is 5.69 Å². The first kappa shape index (κ1) is 20.5. The molecule has 0 aromatic heterocycles. The van der Waals surface area contributed by atoms with Crippen molar-refractivity contribution in [2.24, 2.45) is 0 Å². The van der Waals surface area contributed by atoms with E-state index in [4.69, 9.17) is 21.4 Å². The summed E-state index contributed by atoms with van der Waals surface area (Å²) in [6, 6.07) is 12.1. The fourth-order valence-corrected chi connectivity index (χ4v) is 3.07. The van der Waals surface area contributed by atoms with Crippen LogP contribution in [0.1, 0.15) is 11.1 Å². The molecule has 0 saturated carbocycles. The Morgan fingerprint density at radius 1 is 1.33 bits per heavy atom. The monoisotopic (exact) mass is 448 g/mol. The van der Waals surface area contributed by atoms with Crippen LogP contribution in [0.15, 0.2) is 46.4 Å². The lowest BCUT2D eigenvalue weighted by Gasteiger charge is -2.09. The van der Waals surface area contributed by atoms with E-state index in [-0.39, 0.29) is 16.3 Å². The average molecular weight is 450 g/mol. The van der Waals surface area contributed by atoms with E-state index in [2.05, 4.69) is 21.2 Å². The zero-order valence-corrected chi connectivity index (χ0v) is 16.5. The first-order valence-corrected chi connectivity index (χ1v) is 8.80. The maximum Gasteiger partial charge on any atom is 0.341 e. The van der Waals surface area contributed by atoms with E-state index < -0.39 is 18.5 Å². The number of halogens is 2. The lowest BCUT2D eigenvalue weighted by atomic mass is 10.1. The Labute approximate surface area is 169 Å². The first-order chi connectivity index (χ1) is 12.8. The van der Waals surface area contributed by atoms with Crippen molar-refractivity contribution < 1.29 is 19.4 Å². The van der Waals surface area contributed by atoms with Crippen molar-refractivity contribution in [3.05, 3.63) is 62.6 Å². The van der Waals surface area contributed by atoms with Crippen molar-refractivity contribution in [1.82, 2.24) is 0 Å². The number of carbonyl (C=O) groups excluding carboxylic acids is 1. The number of carbonyl (C=O) groups is 2. The maximum absolute atomic E-state index is 12.3. The third-order valence-corrected chi connectivity index (χ3v) is 4.22. The molecule has 1 amide bonds. The normalized spacial score (nSPS) is 10.8. The van der Waals surface area contributed by atoms with Gasteiger partial charge >= 0.3 is 5.97 Å². The van der Waals surface area contributed by atoms with E-state index >= 15 is 0 Å². The minimum absolute atomic E-state index is 0.113. The molecule has 0 aliphatic carbocycles. The van der Waals surface area contributed by atoms with Crippen LogP contribution in [-0.4, -0.2) is 23.6 Å². The number of hydrogen-bond acceptors (Lipinski definition) is 4. The Bertz CT molecular complexity index is 926. The number of nitriles is 1. The summed E-state index contributed by atoms with van der Waals surface area (Å²) >= 11 is 9.35. The van der Waals surface area contributed by atoms with E-state index in [9.17, 15) is 14.9 Å². The molecule has 0 spiro atoms. The maximum atomic E-state index is 12.3. The summed E-state index contributed by atoms with van der Waals surface area (Å²) in [6.45, 7) is 1.38. The Balaban J connectivity index is 2.23. The number of nitrogens with zero attached hydrogens (tertiary/aromatic N) is 1. The molecule has 8 heteroatoms. The van der Waals surface area contributed by atoms with Crippen molar-refractivity contribution in [3.8, 4) is 11.8 Å². The molecule has 2 aromatic carbocycles. The van der Waals surface area contributed by atoms with Crippen LogP contribution in [0.25, 0.3) is 6.08 Å². The van der Waals surface area contributed by atoms with Gasteiger partial charge in [-0.3, -0.25) is 4.79 Å². The van der Waals surface area contributed by atoms with Gasteiger partial charge in [0.1, 0.15) is 11.6 Å². The second-order valence-electron chi connectivity index (χ2n) is 5.49. The summed E-state index contributed by atoms with van der Waals surface area (Å²) in [4.78, 5) is 22.9. The Morgan fingerprint density at radius 2 is 2.00 bits per heavy atom. The van der Waals surface area contributed by atoms with Gasteiger partial charge in [0.25, 0.3) is 5.91 Å². The molecular formula is C19H14BrClN2O4. The summed E-state index contributed by atoms with van der Waals surface area (Å²) in [5.74, 6) is -1.53. The number of carboxylic acid groups (broad SMARTS) is 1. The van der Waals surface area contributed by atoms with Crippen molar-refractivity contribution in [3.63, 3.8) is 0 Å². The van der Waals surface area contributed by atoms with Gasteiger partial charge in [0.05, 0.1) is 9.50 Å². The van der Waals surface area contributed by atoms with Gasteiger partial charge in [0.2, 0.25) is 0 Å². The zero-order chi connectivity index (χ0) is 20.0. The minimum Gasteiger partial charge on any atom is -0.479 e. The van der Waals surface area contributed by atoms with E-state index in [1.807, 2.05) is 25.1 Å². The van der Waals surface area contributed by atoms with Crippen LogP contribution in [0.3, 0.4) is 0 Å². The number of aliphatic carboxylic acids is 1. The number of benzene rings is 2. The van der Waals surface area contributed by atoms with Crippen molar-refractivity contribution >= 4 is 51.2 Å². The molecule has 0 bridgehead atoms. The second kappa shape index (κ2) is 9.21. The smallest absolute Gasteiger partial charge is 0.341 e. The topological polar surface area (TPSA) is 99.4 Å². The van der Waals surface area contributed by atoms with Crippen LogP contribution in [0.2, 0.25) is 5.02 Å². The van der Waals surface area contributed by atoms with Crippen LogP contribution >= 0.6 is 27.5 Å². The SMILES string of the molecule is Cc1ccc(NC(=O)/C(C#N)=C\c2cc(Cl)c(OCC(=O)O)c(Br)c2)cc1. The first-order valence-electron chi connectivity index (χ1n) is 7.63. The molecule has 0 saturated heterocycles. The predicted molar refractivity (Wildman–Crippen MR) is 106 cm³/mol. The summed E-state index contributed by atoms with van der Waals surface area (Å²) in [7, 11) is 0. The summed E-state index contributed by atoms with van der Waals surface area (Å²) in [6.07, 6.45) is 1.38. The van der Waals surface area contributed by atoms with Crippen molar-refractivity contribution in [2.75, 3.05) is 11.9 Å². The molecule has 27 heavy (non-hydrogen) atoms. The van der Waals surface area contributed by atoms with E-state index in [1.165, 1.54) is 12.1 Å². The van der Waals surface area contributed by atoms with Crippen molar-refractivity contribution in [1.29, 1.82) is 5.26 Å². The number of hydrogen-bond donors (Lipinski definition) is 2. The molecule has 0 unspecified atom stereocenters. The van der Waals surface area contributed by atoms with Crippen molar-refractivity contribution in [2.45, 2.75) is 6.92 Å². The number of anilines is 1. The van der Waals surface area contributed by atoms with Crippen LogP contribution in [0, 0.1) is 18.3 Å². The fraction of sp³-hybridized carbons (Fsp3) is 0.105. The number of amides is 1. The van der Waals surface area contributed by atoms with Crippen LogP contribution in [-0.2, 0) is 9.59 Å². The number of ether oxygens (including phenoxy) is 1. The predicted octanol–water partition coefficient (Wildman–Crippen LogP) is 4.42. The van der Waals surface area contributed by atoms with Crippen LogP contribution in [0.5, 0.6) is 5.75 Å². The Hall–Kier alpha value is -2.82. The van der Waals surface area contributed by atoms with Gasteiger partial charge in [-0.2, -0.15) is 5.26 Å². The molecule has 2 N–H and O–H groups in total. The highest BCUT2D eigenvalue weighted by Gasteiger charge is 2.13. The molecule has 138 valence electrons. The molecule has 2 rings (SSSR count). The molecule has 0 aliphatic heterocycles. The quantitative estimate of drug-likeness (QED) is 0.502. The van der Waals surface area contributed by atoms with E-state index in [0.717, 1.165) is 5.56 Å². The standard InChI is InChI=1S/C19H14BrClN2O4/c1-11-2-4-14(5-3-11)23-19(26)13(9-22)6-12-7-15(20)18(16(21)8-12)27-10-17(24)25/h2-8H,10H2,1H3,(H,23,26)(H,24,25)/b13-6-. The molecule has 0 atom stereocenters. The molecule has 2 aromatic rings. The van der Waals surface area contributed by atoms with Gasteiger partial charge in [-0.25, -0.2) is 4.79 Å². The van der Waals surface area contributed by atoms with Gasteiger partial charge in [-0.15, -0.1) is 0 Å². The molecule has 0 radical (unpaired) electrons. The summed E-state index contributed by atoms with van der Waals surface area (Å²) < 4.78 is 5.51. The number of aryl methyl sites for hydroxylation is 1. The van der Waals surface area contributed by atoms with E-state index in [1.54, 1.807) is 18.2 Å². The molecule has 6 nitrogen and oxygen atoms in total. The van der Waals surface area contributed by atoms with Gasteiger partial charge < -0.3 is 15.2 Å². The minimum atomic E-state index is -1.14. The van der Waals surface area contributed by atoms with Gasteiger partial charge in [0, 0.05) is 5.69 Å². The zero-order valence-electron chi connectivity index (χ0n) is 14.1. The summed E-state index contributed by atoms with van der Waals surface area (Å²) in [5, 5.41) is 20.8. The molecular weight excluding hydrogens is 436 g/mol. The lowest BCUT2D eigenvalue weighted by molar-refractivity contribution is -0.139. The highest BCUT2D eigenvalue weighted by Crippen LogP contribution is 2.35. The second-order valence-corrected chi connectivity index (χ2v) is 6.75. The summed E-state index contributed by atoms with van der Waals surface area (Å²) in [5.41, 5.74) is 1.99. The average Bonchev–Trinajstić information content (AvgIpc) is 2.60. The van der Waals surface area contributed by atoms with Gasteiger partial charge in [-0.1, -0.05) is 29.3 Å². The Kier molecular flexibility index (Phi) is 6.99. The number of rotatable bonds is 6. The largest absolute Gasteiger partial charge is 0.479 e. The Morgan fingerprint density at radius 3 is 2.56 bits per heavy atom. The highest BCUT2D eigenvalue weighted by molar-refractivity contribution is 9.10. The molecule has 0 fully saturated rings. The number of nitrogens with one attached hydrogen (secondary N) is 1. The van der Waals surface area contributed by atoms with Gasteiger partial charge in [0.15, 0.2) is 12.4 Å². The van der Waals surface area contributed by atoms with Crippen LogP contribution < -0.4 is 10.1 Å².